The number of amides is 2. The number of carbonyl (C=O) groups is 3. The number of anilines is 1. The number of nitrogens with one attached hydrogen (secondary N) is 1. The van der Waals surface area contributed by atoms with Gasteiger partial charge in [-0.3, -0.25) is 9.59 Å². The number of carbonyl (C=O) groups excluding carboxylic acids is 3. The van der Waals surface area contributed by atoms with Crippen molar-refractivity contribution < 1.29 is 23.5 Å². The smallest absolute Gasteiger partial charge is 0.336 e. The van der Waals surface area contributed by atoms with Crippen molar-refractivity contribution in [2.75, 3.05) is 11.9 Å². The average Bonchev–Trinajstić information content (AvgIpc) is 2.89. The minimum atomic E-state index is -0.551. The summed E-state index contributed by atoms with van der Waals surface area (Å²) < 4.78 is 19.3. The molecule has 0 radical (unpaired) electrons. The summed E-state index contributed by atoms with van der Waals surface area (Å²) in [6, 6.07) is 17.6. The summed E-state index contributed by atoms with van der Waals surface area (Å²) in [6.07, 6.45) is 0.0247. The zero-order valence-electron chi connectivity index (χ0n) is 20.8. The topological polar surface area (TPSA) is 75.7 Å². The number of rotatable bonds is 7. The fourth-order valence-electron chi connectivity index (χ4n) is 4.44. The van der Waals surface area contributed by atoms with E-state index in [0.717, 1.165) is 0 Å². The highest BCUT2D eigenvalue weighted by molar-refractivity contribution is 6.42. The summed E-state index contributed by atoms with van der Waals surface area (Å²) >= 11 is 12.3. The first-order chi connectivity index (χ1) is 18.2. The Morgan fingerprint density at radius 3 is 2.53 bits per heavy atom. The van der Waals surface area contributed by atoms with E-state index in [1.54, 1.807) is 62.4 Å². The maximum absolute atomic E-state index is 14.0. The first-order valence-corrected chi connectivity index (χ1v) is 12.7. The SMILES string of the molecule is CCOC(=O)C1=C(C)N(Cc2cccc(C(=O)Nc3ccccc3F)c2)C(=O)C[C@H]1c1ccc(Cl)c(Cl)c1. The number of esters is 1. The quantitative estimate of drug-likeness (QED) is 0.328. The molecule has 0 saturated heterocycles. The molecule has 4 rings (SSSR count). The molecular formula is C29H25Cl2FN2O4. The van der Waals surface area contributed by atoms with Crippen LogP contribution in [0.5, 0.6) is 0 Å². The molecule has 196 valence electrons. The lowest BCUT2D eigenvalue weighted by Crippen LogP contribution is -2.38. The maximum Gasteiger partial charge on any atom is 0.336 e. The molecule has 0 aromatic heterocycles. The van der Waals surface area contributed by atoms with E-state index in [-0.39, 0.29) is 31.2 Å². The number of nitrogens with zero attached hydrogens (tertiary/aromatic N) is 1. The third-order valence-corrected chi connectivity index (χ3v) is 7.06. The van der Waals surface area contributed by atoms with Crippen molar-refractivity contribution in [3.8, 4) is 0 Å². The number of hydrogen-bond acceptors (Lipinski definition) is 4. The van der Waals surface area contributed by atoms with Gasteiger partial charge < -0.3 is 15.0 Å². The van der Waals surface area contributed by atoms with Crippen molar-refractivity contribution in [3.63, 3.8) is 0 Å². The summed E-state index contributed by atoms with van der Waals surface area (Å²) in [4.78, 5) is 40.6. The summed E-state index contributed by atoms with van der Waals surface area (Å²) in [6.45, 7) is 3.72. The molecule has 0 aliphatic carbocycles. The van der Waals surface area contributed by atoms with Crippen molar-refractivity contribution in [1.82, 2.24) is 4.90 Å². The Kier molecular flexibility index (Phi) is 8.49. The zero-order chi connectivity index (χ0) is 27.4. The molecule has 3 aromatic carbocycles. The molecule has 1 aliphatic heterocycles. The van der Waals surface area contributed by atoms with Crippen molar-refractivity contribution in [2.24, 2.45) is 0 Å². The summed E-state index contributed by atoms with van der Waals surface area (Å²) in [5, 5.41) is 3.25. The molecule has 38 heavy (non-hydrogen) atoms. The van der Waals surface area contributed by atoms with E-state index < -0.39 is 23.6 Å². The molecule has 0 saturated carbocycles. The van der Waals surface area contributed by atoms with Gasteiger partial charge in [-0.25, -0.2) is 9.18 Å². The highest BCUT2D eigenvalue weighted by Crippen LogP contribution is 2.39. The van der Waals surface area contributed by atoms with Crippen LogP contribution in [0, 0.1) is 5.82 Å². The van der Waals surface area contributed by atoms with E-state index in [2.05, 4.69) is 5.32 Å². The Morgan fingerprint density at radius 1 is 1.05 bits per heavy atom. The van der Waals surface area contributed by atoms with Crippen LogP contribution in [-0.4, -0.2) is 29.3 Å². The Labute approximate surface area is 230 Å². The number of para-hydroxylation sites is 1. The molecule has 2 amide bonds. The van der Waals surface area contributed by atoms with Crippen LogP contribution in [0.1, 0.15) is 47.7 Å². The molecule has 3 aromatic rings. The van der Waals surface area contributed by atoms with Crippen LogP contribution >= 0.6 is 23.2 Å². The second-order valence-corrected chi connectivity index (χ2v) is 9.58. The highest BCUT2D eigenvalue weighted by atomic mass is 35.5. The monoisotopic (exact) mass is 554 g/mol. The molecule has 0 unspecified atom stereocenters. The van der Waals surface area contributed by atoms with Gasteiger partial charge in [-0.15, -0.1) is 0 Å². The third-order valence-electron chi connectivity index (χ3n) is 6.32. The van der Waals surface area contributed by atoms with Crippen molar-refractivity contribution >= 4 is 46.7 Å². The largest absolute Gasteiger partial charge is 0.463 e. The minimum Gasteiger partial charge on any atom is -0.463 e. The van der Waals surface area contributed by atoms with Crippen molar-refractivity contribution in [3.05, 3.63) is 111 Å². The fraction of sp³-hybridized carbons (Fsp3) is 0.207. The fourth-order valence-corrected chi connectivity index (χ4v) is 4.75. The van der Waals surface area contributed by atoms with Crippen molar-refractivity contribution in [2.45, 2.75) is 32.7 Å². The van der Waals surface area contributed by atoms with Gasteiger partial charge in [-0.2, -0.15) is 0 Å². The Bertz CT molecular complexity index is 1440. The molecule has 1 heterocycles. The Morgan fingerprint density at radius 2 is 1.82 bits per heavy atom. The summed E-state index contributed by atoms with van der Waals surface area (Å²) in [5.41, 5.74) is 2.53. The molecular weight excluding hydrogens is 530 g/mol. The van der Waals surface area contributed by atoms with Gasteiger partial charge in [0.05, 0.1) is 34.5 Å². The van der Waals surface area contributed by atoms with Crippen molar-refractivity contribution in [1.29, 1.82) is 0 Å². The first-order valence-electron chi connectivity index (χ1n) is 12.0. The third kappa shape index (κ3) is 5.90. The van der Waals surface area contributed by atoms with Gasteiger partial charge in [-0.1, -0.05) is 53.5 Å². The minimum absolute atomic E-state index is 0.0247. The van der Waals surface area contributed by atoms with E-state index in [1.165, 1.54) is 23.1 Å². The van der Waals surface area contributed by atoms with E-state index >= 15 is 0 Å². The predicted molar refractivity (Wildman–Crippen MR) is 144 cm³/mol. The zero-order valence-corrected chi connectivity index (χ0v) is 22.3. The number of benzene rings is 3. The van der Waals surface area contributed by atoms with Gasteiger partial charge in [0.1, 0.15) is 5.82 Å². The first kappa shape index (κ1) is 27.4. The molecule has 1 N–H and O–H groups in total. The molecule has 1 aliphatic rings. The van der Waals surface area contributed by atoms with E-state index in [0.29, 0.717) is 38.0 Å². The van der Waals surface area contributed by atoms with E-state index in [1.807, 2.05) is 0 Å². The van der Waals surface area contributed by atoms with Gasteiger partial charge in [0.25, 0.3) is 5.91 Å². The van der Waals surface area contributed by atoms with Crippen LogP contribution in [0.2, 0.25) is 10.0 Å². The highest BCUT2D eigenvalue weighted by Gasteiger charge is 2.37. The number of halogens is 3. The average molecular weight is 555 g/mol. The molecule has 0 bridgehead atoms. The number of ether oxygens (including phenoxy) is 1. The molecule has 1 atom stereocenters. The van der Waals surface area contributed by atoms with Gasteiger partial charge in [0, 0.05) is 23.6 Å². The number of hydrogen-bond donors (Lipinski definition) is 1. The lowest BCUT2D eigenvalue weighted by atomic mass is 9.83. The molecule has 0 spiro atoms. The Balaban J connectivity index is 1.64. The second-order valence-electron chi connectivity index (χ2n) is 8.76. The Hall–Kier alpha value is -3.68. The van der Waals surface area contributed by atoms with Crippen LogP contribution in [0.25, 0.3) is 0 Å². The van der Waals surface area contributed by atoms with E-state index in [9.17, 15) is 18.8 Å². The van der Waals surface area contributed by atoms with Gasteiger partial charge in [0.15, 0.2) is 0 Å². The van der Waals surface area contributed by atoms with Crippen LogP contribution < -0.4 is 5.32 Å². The van der Waals surface area contributed by atoms with Crippen LogP contribution in [0.3, 0.4) is 0 Å². The van der Waals surface area contributed by atoms with Gasteiger partial charge in [0.2, 0.25) is 5.91 Å². The van der Waals surface area contributed by atoms with Gasteiger partial charge in [-0.05, 0) is 61.4 Å². The standard InChI is InChI=1S/C29H25Cl2FN2O4/c1-3-38-29(37)27-17(2)34(26(35)15-21(27)19-11-12-22(30)23(31)14-19)16-18-7-6-8-20(13-18)28(36)33-25-10-5-4-9-24(25)32/h4-14,21H,3,15-16H2,1-2H3,(H,33,36)/t21-/m0/s1. The summed E-state index contributed by atoms with van der Waals surface area (Å²) in [7, 11) is 0. The second kappa shape index (κ2) is 11.8. The van der Waals surface area contributed by atoms with Crippen LogP contribution in [0.15, 0.2) is 78.0 Å². The van der Waals surface area contributed by atoms with Crippen LogP contribution in [0.4, 0.5) is 10.1 Å². The molecule has 0 fully saturated rings. The summed E-state index contributed by atoms with van der Waals surface area (Å²) in [5.74, 6) is -2.30. The predicted octanol–water partition coefficient (Wildman–Crippen LogP) is 6.74. The molecule has 9 heteroatoms. The lowest BCUT2D eigenvalue weighted by molar-refractivity contribution is -0.140. The molecule has 6 nitrogen and oxygen atoms in total. The van der Waals surface area contributed by atoms with Crippen LogP contribution in [-0.2, 0) is 20.9 Å². The maximum atomic E-state index is 14.0. The van der Waals surface area contributed by atoms with Gasteiger partial charge >= 0.3 is 5.97 Å². The lowest BCUT2D eigenvalue weighted by Gasteiger charge is -2.34. The van der Waals surface area contributed by atoms with E-state index in [4.69, 9.17) is 27.9 Å². The number of allylic oxidation sites excluding steroid dienone is 1. The normalized spacial score (nSPS) is 15.4.